The molecule has 3 rings (SSSR count). The number of thiophene rings is 1. The topological polar surface area (TPSA) is 46.6 Å². The van der Waals surface area contributed by atoms with Crippen molar-refractivity contribution in [2.75, 3.05) is 24.6 Å². The minimum Gasteiger partial charge on any atom is -0.383 e. The van der Waals surface area contributed by atoms with Gasteiger partial charge in [0.05, 0.1) is 18.0 Å². The van der Waals surface area contributed by atoms with Gasteiger partial charge in [0, 0.05) is 11.8 Å². The summed E-state index contributed by atoms with van der Waals surface area (Å²) in [6, 6.07) is 16.5. The lowest BCUT2D eigenvalue weighted by molar-refractivity contribution is 0.208. The molecular formula is C18H19NO3S2. The standard InChI is InChI=1S/C18H19NO3S2/c1-14-16-10-6-7-11-17(16)23-18(14)19(12-13-22-2)24(20,21)15-8-4-3-5-9-15/h3-11H,12-13H2,1-2H3. The number of nitrogens with zero attached hydrogens (tertiary/aromatic N) is 1. The summed E-state index contributed by atoms with van der Waals surface area (Å²) < 4.78 is 34.0. The van der Waals surface area contributed by atoms with E-state index in [0.717, 1.165) is 20.7 Å². The highest BCUT2D eigenvalue weighted by molar-refractivity contribution is 7.93. The molecule has 126 valence electrons. The Morgan fingerprint density at radius 1 is 1.04 bits per heavy atom. The molecule has 1 aromatic heterocycles. The van der Waals surface area contributed by atoms with Gasteiger partial charge in [0.25, 0.3) is 10.0 Å². The van der Waals surface area contributed by atoms with E-state index < -0.39 is 10.0 Å². The average molecular weight is 361 g/mol. The third-order valence-corrected chi connectivity index (χ3v) is 7.10. The third kappa shape index (κ3) is 3.05. The van der Waals surface area contributed by atoms with Gasteiger partial charge in [-0.1, -0.05) is 36.4 Å². The van der Waals surface area contributed by atoms with Gasteiger partial charge in [0.2, 0.25) is 0 Å². The van der Waals surface area contributed by atoms with Gasteiger partial charge >= 0.3 is 0 Å². The highest BCUT2D eigenvalue weighted by atomic mass is 32.2. The summed E-state index contributed by atoms with van der Waals surface area (Å²) in [4.78, 5) is 0.290. The predicted octanol–water partition coefficient (Wildman–Crippen LogP) is 4.05. The molecule has 0 spiro atoms. The zero-order valence-corrected chi connectivity index (χ0v) is 15.2. The molecule has 0 atom stereocenters. The molecule has 4 nitrogen and oxygen atoms in total. The number of aryl methyl sites for hydroxylation is 1. The van der Waals surface area contributed by atoms with E-state index in [1.165, 1.54) is 15.6 Å². The molecular weight excluding hydrogens is 342 g/mol. The number of sulfonamides is 1. The highest BCUT2D eigenvalue weighted by Crippen LogP contribution is 2.39. The van der Waals surface area contributed by atoms with Crippen molar-refractivity contribution >= 4 is 36.4 Å². The van der Waals surface area contributed by atoms with Crippen LogP contribution < -0.4 is 4.31 Å². The molecule has 0 bridgehead atoms. The highest BCUT2D eigenvalue weighted by Gasteiger charge is 2.27. The Bertz CT molecular complexity index is 933. The largest absolute Gasteiger partial charge is 0.383 e. The smallest absolute Gasteiger partial charge is 0.265 e. The van der Waals surface area contributed by atoms with E-state index in [-0.39, 0.29) is 11.4 Å². The van der Waals surface area contributed by atoms with Crippen LogP contribution in [0.3, 0.4) is 0 Å². The van der Waals surface area contributed by atoms with Crippen LogP contribution in [0.5, 0.6) is 0 Å². The van der Waals surface area contributed by atoms with Crippen LogP contribution in [0, 0.1) is 6.92 Å². The molecule has 0 N–H and O–H groups in total. The summed E-state index contributed by atoms with van der Waals surface area (Å²) in [6.45, 7) is 2.58. The van der Waals surface area contributed by atoms with E-state index >= 15 is 0 Å². The Labute approximate surface area is 146 Å². The second-order valence-corrected chi connectivity index (χ2v) is 8.30. The van der Waals surface area contributed by atoms with Crippen LogP contribution in [0.4, 0.5) is 5.00 Å². The van der Waals surface area contributed by atoms with Crippen molar-refractivity contribution < 1.29 is 13.2 Å². The first kappa shape index (κ1) is 17.0. The van der Waals surface area contributed by atoms with E-state index in [4.69, 9.17) is 4.74 Å². The van der Waals surface area contributed by atoms with Gasteiger partial charge in [-0.2, -0.15) is 0 Å². The molecule has 0 saturated carbocycles. The normalized spacial score (nSPS) is 11.8. The molecule has 6 heteroatoms. The number of methoxy groups -OCH3 is 1. The fourth-order valence-corrected chi connectivity index (χ4v) is 5.60. The number of ether oxygens (including phenoxy) is 1. The SMILES string of the molecule is COCCN(c1sc2ccccc2c1C)S(=O)(=O)c1ccccc1. The van der Waals surface area contributed by atoms with E-state index in [9.17, 15) is 8.42 Å². The van der Waals surface area contributed by atoms with Crippen molar-refractivity contribution in [3.63, 3.8) is 0 Å². The number of rotatable bonds is 6. The minimum absolute atomic E-state index is 0.279. The van der Waals surface area contributed by atoms with Crippen LogP contribution in [0.2, 0.25) is 0 Å². The second-order valence-electron chi connectivity index (χ2n) is 5.41. The van der Waals surface area contributed by atoms with Gasteiger partial charge < -0.3 is 4.74 Å². The number of hydrogen-bond donors (Lipinski definition) is 0. The average Bonchev–Trinajstić information content (AvgIpc) is 2.93. The predicted molar refractivity (Wildman–Crippen MR) is 99.4 cm³/mol. The molecule has 0 amide bonds. The Morgan fingerprint density at radius 2 is 1.71 bits per heavy atom. The van der Waals surface area contributed by atoms with Crippen molar-refractivity contribution in [2.45, 2.75) is 11.8 Å². The van der Waals surface area contributed by atoms with Gasteiger partial charge in [-0.15, -0.1) is 11.3 Å². The van der Waals surface area contributed by atoms with Crippen molar-refractivity contribution in [3.05, 3.63) is 60.2 Å². The van der Waals surface area contributed by atoms with Crippen LogP contribution >= 0.6 is 11.3 Å². The summed E-state index contributed by atoms with van der Waals surface area (Å²) in [5.74, 6) is 0. The molecule has 2 aromatic carbocycles. The second kappa shape index (κ2) is 6.93. The van der Waals surface area contributed by atoms with Gasteiger partial charge in [-0.05, 0) is 36.1 Å². The lowest BCUT2D eigenvalue weighted by atomic mass is 10.2. The minimum atomic E-state index is -3.63. The fourth-order valence-electron chi connectivity index (χ4n) is 2.62. The number of fused-ring (bicyclic) bond motifs is 1. The number of benzene rings is 2. The van der Waals surface area contributed by atoms with E-state index in [2.05, 4.69) is 0 Å². The maximum absolute atomic E-state index is 13.1. The molecule has 0 saturated heterocycles. The van der Waals surface area contributed by atoms with Gasteiger partial charge in [-0.3, -0.25) is 4.31 Å². The zero-order valence-electron chi connectivity index (χ0n) is 13.6. The third-order valence-electron chi connectivity index (χ3n) is 3.87. The van der Waals surface area contributed by atoms with E-state index in [1.807, 2.05) is 37.3 Å². The Balaban J connectivity index is 2.14. The van der Waals surface area contributed by atoms with Crippen molar-refractivity contribution in [1.82, 2.24) is 0 Å². The summed E-state index contributed by atoms with van der Waals surface area (Å²) in [6.07, 6.45) is 0. The Kier molecular flexibility index (Phi) is 4.89. The number of anilines is 1. The molecule has 0 fully saturated rings. The molecule has 1 heterocycles. The Hall–Kier alpha value is -1.89. The quantitative estimate of drug-likeness (QED) is 0.665. The first-order chi connectivity index (χ1) is 11.6. The zero-order chi connectivity index (χ0) is 17.2. The first-order valence-electron chi connectivity index (χ1n) is 7.60. The molecule has 0 aliphatic heterocycles. The Morgan fingerprint density at radius 3 is 2.38 bits per heavy atom. The summed E-state index contributed by atoms with van der Waals surface area (Å²) in [5, 5.41) is 1.83. The summed E-state index contributed by atoms with van der Waals surface area (Å²) in [5.41, 5.74) is 0.978. The lowest BCUT2D eigenvalue weighted by Gasteiger charge is -2.23. The van der Waals surface area contributed by atoms with Gasteiger partial charge in [-0.25, -0.2) is 8.42 Å². The number of hydrogen-bond acceptors (Lipinski definition) is 4. The summed E-state index contributed by atoms with van der Waals surface area (Å²) >= 11 is 1.50. The van der Waals surface area contributed by atoms with Crippen LogP contribution in [-0.4, -0.2) is 28.7 Å². The molecule has 0 unspecified atom stereocenters. The lowest BCUT2D eigenvalue weighted by Crippen LogP contribution is -2.33. The maximum Gasteiger partial charge on any atom is 0.265 e. The molecule has 0 radical (unpaired) electrons. The van der Waals surface area contributed by atoms with Crippen molar-refractivity contribution in [2.24, 2.45) is 0 Å². The monoisotopic (exact) mass is 361 g/mol. The van der Waals surface area contributed by atoms with Crippen molar-refractivity contribution in [1.29, 1.82) is 0 Å². The van der Waals surface area contributed by atoms with Crippen LogP contribution in [0.1, 0.15) is 5.56 Å². The summed E-state index contributed by atoms with van der Waals surface area (Å²) in [7, 11) is -2.06. The van der Waals surface area contributed by atoms with Gasteiger partial charge in [0.15, 0.2) is 0 Å². The molecule has 3 aromatic rings. The van der Waals surface area contributed by atoms with Gasteiger partial charge in [0.1, 0.15) is 5.00 Å². The van der Waals surface area contributed by atoms with E-state index in [1.54, 1.807) is 31.4 Å². The molecule has 0 aliphatic carbocycles. The van der Waals surface area contributed by atoms with Crippen LogP contribution in [0.15, 0.2) is 59.5 Å². The van der Waals surface area contributed by atoms with E-state index in [0.29, 0.717) is 6.61 Å². The van der Waals surface area contributed by atoms with Crippen LogP contribution in [-0.2, 0) is 14.8 Å². The maximum atomic E-state index is 13.1. The molecule has 24 heavy (non-hydrogen) atoms. The fraction of sp³-hybridized carbons (Fsp3) is 0.222. The first-order valence-corrected chi connectivity index (χ1v) is 9.86. The van der Waals surface area contributed by atoms with Crippen molar-refractivity contribution in [3.8, 4) is 0 Å². The molecule has 0 aliphatic rings. The van der Waals surface area contributed by atoms with Crippen LogP contribution in [0.25, 0.3) is 10.1 Å².